The van der Waals surface area contributed by atoms with E-state index in [-0.39, 0.29) is 0 Å². The van der Waals surface area contributed by atoms with Gasteiger partial charge in [0.2, 0.25) is 0 Å². The number of rotatable bonds is 0. The van der Waals surface area contributed by atoms with Gasteiger partial charge in [0, 0.05) is 22.8 Å². The molecule has 2 heteroatoms. The Kier molecular flexibility index (Phi) is 1.85. The van der Waals surface area contributed by atoms with Gasteiger partial charge in [-0.1, -0.05) is 12.1 Å². The number of fused-ring (bicyclic) bond motifs is 3. The van der Waals surface area contributed by atoms with Crippen molar-refractivity contribution in [3.8, 4) is 0 Å². The molecule has 0 saturated carbocycles. The minimum Gasteiger partial charge on any atom is -0.512 e. The highest BCUT2D eigenvalue weighted by Gasteiger charge is 2.29. The summed E-state index contributed by atoms with van der Waals surface area (Å²) < 4.78 is 5.92. The van der Waals surface area contributed by atoms with Crippen LogP contribution in [0.4, 0.5) is 0 Å². The molecule has 3 aliphatic carbocycles. The van der Waals surface area contributed by atoms with E-state index < -0.39 is 0 Å². The minimum atomic E-state index is 0.420. The van der Waals surface area contributed by atoms with E-state index in [4.69, 9.17) is 4.74 Å². The zero-order valence-corrected chi connectivity index (χ0v) is 9.83. The normalized spacial score (nSPS) is 25.3. The second-order valence-electron chi connectivity index (χ2n) is 5.34. The number of aryl methyl sites for hydroxylation is 2. The van der Waals surface area contributed by atoms with Crippen molar-refractivity contribution in [1.82, 2.24) is 0 Å². The minimum absolute atomic E-state index is 0.420. The molecule has 1 heterocycles. The molecule has 1 aliphatic heterocycles. The Morgan fingerprint density at radius 3 is 2.65 bits per heavy atom. The smallest absolute Gasteiger partial charge is 0.108 e. The molecule has 0 spiro atoms. The summed E-state index contributed by atoms with van der Waals surface area (Å²) in [6.07, 6.45) is 5.23. The van der Waals surface area contributed by atoms with Crippen molar-refractivity contribution in [3.05, 3.63) is 33.7 Å². The van der Waals surface area contributed by atoms with E-state index in [0.717, 1.165) is 43.9 Å². The summed E-state index contributed by atoms with van der Waals surface area (Å²) in [5.41, 5.74) is 2.66. The lowest BCUT2D eigenvalue weighted by Crippen LogP contribution is -2.45. The molecule has 1 fully saturated rings. The van der Waals surface area contributed by atoms with Gasteiger partial charge in [-0.3, -0.25) is 0 Å². The molecule has 2 nitrogen and oxygen atoms in total. The highest BCUT2D eigenvalue weighted by atomic mass is 16.5. The summed E-state index contributed by atoms with van der Waals surface area (Å²) in [5.74, 6) is 2.18. The van der Waals surface area contributed by atoms with Gasteiger partial charge in [0.25, 0.3) is 0 Å². The molecule has 0 aromatic heterocycles. The highest BCUT2D eigenvalue weighted by Crippen LogP contribution is 2.32. The van der Waals surface area contributed by atoms with Crippen molar-refractivity contribution in [2.24, 2.45) is 5.92 Å². The molecule has 0 amide bonds. The molecule has 1 saturated heterocycles. The number of aliphatic hydroxyl groups excluding tert-OH is 1. The molecule has 1 atom stereocenters. The third kappa shape index (κ3) is 1.21. The maximum atomic E-state index is 10.3. The van der Waals surface area contributed by atoms with Crippen LogP contribution in [0.3, 0.4) is 0 Å². The summed E-state index contributed by atoms with van der Waals surface area (Å²) in [6, 6.07) is 4.37. The van der Waals surface area contributed by atoms with Crippen molar-refractivity contribution in [2.45, 2.75) is 32.1 Å². The van der Waals surface area contributed by atoms with Crippen LogP contribution in [0, 0.1) is 5.92 Å². The first-order valence-corrected chi connectivity index (χ1v) is 6.54. The first-order valence-electron chi connectivity index (χ1n) is 6.54. The van der Waals surface area contributed by atoms with Crippen LogP contribution in [0.25, 0.3) is 11.5 Å². The summed E-state index contributed by atoms with van der Waals surface area (Å²) in [4.78, 5) is 0. The Bertz CT molecular complexity index is 613. The van der Waals surface area contributed by atoms with Crippen LogP contribution in [0.5, 0.6) is 0 Å². The largest absolute Gasteiger partial charge is 0.512 e. The highest BCUT2D eigenvalue weighted by molar-refractivity contribution is 5.57. The third-order valence-corrected chi connectivity index (χ3v) is 4.34. The van der Waals surface area contributed by atoms with Gasteiger partial charge < -0.3 is 9.84 Å². The van der Waals surface area contributed by atoms with E-state index in [1.165, 1.54) is 22.1 Å². The molecular weight excluding hydrogens is 212 g/mol. The molecule has 1 N–H and O–H groups in total. The summed E-state index contributed by atoms with van der Waals surface area (Å²) in [6.45, 7) is 0.843. The monoisotopic (exact) mass is 228 g/mol. The van der Waals surface area contributed by atoms with Gasteiger partial charge in [0.15, 0.2) is 0 Å². The molecule has 17 heavy (non-hydrogen) atoms. The average molecular weight is 228 g/mol. The molecule has 1 aromatic rings. The second kappa shape index (κ2) is 3.28. The number of aliphatic hydroxyl groups is 1. The molecule has 1 unspecified atom stereocenters. The van der Waals surface area contributed by atoms with Crippen molar-refractivity contribution in [2.75, 3.05) is 6.61 Å². The molecule has 2 bridgehead atoms. The molecular formula is C15H16O2. The molecule has 88 valence electrons. The fourth-order valence-electron chi connectivity index (χ4n) is 3.55. The van der Waals surface area contributed by atoms with Gasteiger partial charge in [-0.15, -0.1) is 0 Å². The summed E-state index contributed by atoms with van der Waals surface area (Å²) in [5, 5.41) is 12.6. The van der Waals surface area contributed by atoms with Crippen molar-refractivity contribution >= 4 is 11.5 Å². The van der Waals surface area contributed by atoms with Crippen LogP contribution in [0.15, 0.2) is 12.1 Å². The summed E-state index contributed by atoms with van der Waals surface area (Å²) in [7, 11) is 0. The van der Waals surface area contributed by atoms with E-state index in [0.29, 0.717) is 11.7 Å². The lowest BCUT2D eigenvalue weighted by atomic mass is 9.81. The van der Waals surface area contributed by atoms with Crippen LogP contribution in [0.1, 0.15) is 30.4 Å². The third-order valence-electron chi connectivity index (χ3n) is 4.34. The lowest BCUT2D eigenvalue weighted by molar-refractivity contribution is 0.186. The van der Waals surface area contributed by atoms with Gasteiger partial charge in [-0.25, -0.2) is 0 Å². The number of hydrogen-bond acceptors (Lipinski definition) is 2. The Hall–Kier alpha value is -1.44. The molecule has 4 aliphatic rings. The first kappa shape index (κ1) is 9.58. The molecule has 0 radical (unpaired) electrons. The fourth-order valence-corrected chi connectivity index (χ4v) is 3.55. The summed E-state index contributed by atoms with van der Waals surface area (Å²) >= 11 is 0. The maximum absolute atomic E-state index is 10.3. The quantitative estimate of drug-likeness (QED) is 0.727. The Morgan fingerprint density at radius 1 is 1.12 bits per heavy atom. The lowest BCUT2D eigenvalue weighted by Gasteiger charge is -2.31. The van der Waals surface area contributed by atoms with Crippen molar-refractivity contribution in [3.63, 3.8) is 0 Å². The Balaban J connectivity index is 2.16. The van der Waals surface area contributed by atoms with E-state index in [1.807, 2.05) is 0 Å². The van der Waals surface area contributed by atoms with E-state index in [1.54, 1.807) is 0 Å². The molecule has 5 rings (SSSR count). The van der Waals surface area contributed by atoms with Crippen LogP contribution in [-0.4, -0.2) is 11.7 Å². The SMILES string of the molecule is OC1=c2c3ccc(c2=C2OCCCC2C1)CC3. The fraction of sp³-hybridized carbons (Fsp3) is 0.467. The van der Waals surface area contributed by atoms with Gasteiger partial charge >= 0.3 is 0 Å². The predicted octanol–water partition coefficient (Wildman–Crippen LogP) is 1.39. The maximum Gasteiger partial charge on any atom is 0.108 e. The number of hydrogen-bond donors (Lipinski definition) is 1. The van der Waals surface area contributed by atoms with Crippen LogP contribution in [-0.2, 0) is 17.6 Å². The van der Waals surface area contributed by atoms with Crippen LogP contribution < -0.4 is 10.4 Å². The van der Waals surface area contributed by atoms with E-state index >= 15 is 0 Å². The van der Waals surface area contributed by atoms with E-state index in [9.17, 15) is 5.11 Å². The Labute approximate surface area is 100 Å². The van der Waals surface area contributed by atoms with E-state index in [2.05, 4.69) is 12.1 Å². The molecule has 1 aromatic carbocycles. The van der Waals surface area contributed by atoms with Crippen molar-refractivity contribution in [1.29, 1.82) is 0 Å². The number of ether oxygens (including phenoxy) is 1. The van der Waals surface area contributed by atoms with Gasteiger partial charge in [0.1, 0.15) is 11.5 Å². The zero-order valence-electron chi connectivity index (χ0n) is 9.83. The van der Waals surface area contributed by atoms with Gasteiger partial charge in [-0.2, -0.15) is 0 Å². The zero-order chi connectivity index (χ0) is 11.4. The van der Waals surface area contributed by atoms with Crippen molar-refractivity contribution < 1.29 is 9.84 Å². The Morgan fingerprint density at radius 2 is 1.88 bits per heavy atom. The van der Waals surface area contributed by atoms with Crippen LogP contribution in [0.2, 0.25) is 0 Å². The second-order valence-corrected chi connectivity index (χ2v) is 5.34. The average Bonchev–Trinajstić information content (AvgIpc) is 2.40. The number of benzene rings is 1. The van der Waals surface area contributed by atoms with Gasteiger partial charge in [-0.05, 0) is 36.8 Å². The standard InChI is InChI=1S/C15H16O2/c16-12-8-11-2-1-7-17-15(11)14-10-5-3-9(4-6-10)13(12)14/h3,5,11,16H,1-2,4,6-8H2. The first-order chi connectivity index (χ1) is 8.34. The topological polar surface area (TPSA) is 29.5 Å². The predicted molar refractivity (Wildman–Crippen MR) is 65.8 cm³/mol. The van der Waals surface area contributed by atoms with Gasteiger partial charge in [0.05, 0.1) is 6.61 Å². The van der Waals surface area contributed by atoms with Crippen LogP contribution >= 0.6 is 0 Å².